The Morgan fingerprint density at radius 1 is 1.44 bits per heavy atom. The lowest BCUT2D eigenvalue weighted by Crippen LogP contribution is -1.68. The first-order valence-electron chi connectivity index (χ1n) is 3.03. The van der Waals surface area contributed by atoms with Gasteiger partial charge in [0.15, 0.2) is 0 Å². The highest BCUT2D eigenvalue weighted by Gasteiger charge is 1.84. The van der Waals surface area contributed by atoms with Crippen molar-refractivity contribution >= 4 is 28.3 Å². The van der Waals surface area contributed by atoms with Gasteiger partial charge in [-0.3, -0.25) is 0 Å². The second kappa shape index (κ2) is 7.85. The second-order valence-corrected chi connectivity index (χ2v) is 2.40. The summed E-state index contributed by atoms with van der Waals surface area (Å²) in [5.41, 5.74) is 1.27. The molecule has 1 aliphatic carbocycles. The minimum absolute atomic E-state index is 0.730. The average Bonchev–Trinajstić information content (AvgIpc) is 2.43. The number of hydrogen-bond acceptors (Lipinski definition) is 2. The van der Waals surface area contributed by atoms with Crippen LogP contribution >= 0.6 is 12.2 Å². The van der Waals surface area contributed by atoms with Crippen LogP contribution in [0, 0.1) is 0 Å². The average molecular weight is 160 g/mol. The van der Waals surface area contributed by atoms with E-state index in [1.165, 1.54) is 24.8 Å². The summed E-state index contributed by atoms with van der Waals surface area (Å²) in [6.07, 6.45) is 8.50. The maximum Gasteiger partial charge on any atom is 0.204 e. The lowest BCUT2D eigenvalue weighted by atomic mass is 10.4. The Morgan fingerprint density at radius 3 is 2.00 bits per heavy atom. The zero-order valence-corrected chi connectivity index (χ0v) is 8.49. The van der Waals surface area contributed by atoms with Gasteiger partial charge in [-0.05, 0) is 31.5 Å². The summed E-state index contributed by atoms with van der Waals surface area (Å²) in [4.78, 5) is 0. The van der Waals surface area contributed by atoms with E-state index in [9.17, 15) is 0 Å². The summed E-state index contributed by atoms with van der Waals surface area (Å²) < 4.78 is 4.37. The Labute approximate surface area is 64.6 Å². The molecule has 0 bridgehead atoms. The van der Waals surface area contributed by atoms with Gasteiger partial charge in [0.05, 0.1) is 0 Å². The Kier molecular flexibility index (Phi) is 7.71. The topological polar surface area (TPSA) is 9.23 Å². The standard InChI is InChI=1S/C5H8.CH4OSSi/c1-2-4-5-3-1;3-1-2-4/h1-2H,3-5H2;1H,4H3. The summed E-state index contributed by atoms with van der Waals surface area (Å²) in [7, 11) is 0.730. The van der Waals surface area contributed by atoms with Crippen LogP contribution in [0.5, 0.6) is 0 Å². The molecule has 0 radical (unpaired) electrons. The zero-order chi connectivity index (χ0) is 6.95. The van der Waals surface area contributed by atoms with Crippen molar-refractivity contribution in [2.45, 2.75) is 19.3 Å². The van der Waals surface area contributed by atoms with Crippen LogP contribution in [-0.4, -0.2) is 16.0 Å². The van der Waals surface area contributed by atoms with Crippen LogP contribution in [0.15, 0.2) is 12.2 Å². The van der Waals surface area contributed by atoms with Crippen LogP contribution in [0.3, 0.4) is 0 Å². The van der Waals surface area contributed by atoms with Crippen LogP contribution in [-0.2, 0) is 4.43 Å². The molecule has 0 saturated carbocycles. The van der Waals surface area contributed by atoms with Gasteiger partial charge in [-0.2, -0.15) is 0 Å². The maximum absolute atomic E-state index is 4.37. The molecule has 1 rings (SSSR count). The summed E-state index contributed by atoms with van der Waals surface area (Å²) in [6, 6.07) is 0. The van der Waals surface area contributed by atoms with Crippen LogP contribution in [0.25, 0.3) is 0 Å². The number of rotatable bonds is 1. The quantitative estimate of drug-likeness (QED) is 0.321. The molecule has 0 N–H and O–H groups in total. The highest BCUT2D eigenvalue weighted by molar-refractivity contribution is 7.78. The highest BCUT2D eigenvalue weighted by Crippen LogP contribution is 2.05. The lowest BCUT2D eigenvalue weighted by molar-refractivity contribution is 0.655. The van der Waals surface area contributed by atoms with E-state index in [0.717, 1.165) is 10.5 Å². The number of allylic oxidation sites excluding steroid dienone is 2. The van der Waals surface area contributed by atoms with Gasteiger partial charge in [0.25, 0.3) is 0 Å². The van der Waals surface area contributed by atoms with E-state index in [4.69, 9.17) is 0 Å². The first-order chi connectivity index (χ1) is 4.41. The van der Waals surface area contributed by atoms with Crippen LogP contribution < -0.4 is 0 Å². The van der Waals surface area contributed by atoms with Crippen molar-refractivity contribution in [2.75, 3.05) is 0 Å². The number of hydrogen-bond donors (Lipinski definition) is 0. The lowest BCUT2D eigenvalue weighted by Gasteiger charge is -1.72. The van der Waals surface area contributed by atoms with E-state index in [2.05, 4.69) is 28.8 Å². The van der Waals surface area contributed by atoms with Gasteiger partial charge in [0.1, 0.15) is 5.55 Å². The second-order valence-electron chi connectivity index (χ2n) is 1.73. The fourth-order valence-corrected chi connectivity index (χ4v) is 0.589. The van der Waals surface area contributed by atoms with Crippen molar-refractivity contribution in [3.8, 4) is 0 Å². The van der Waals surface area contributed by atoms with E-state index >= 15 is 0 Å². The molecule has 0 atom stereocenters. The first kappa shape index (κ1) is 8.85. The molecule has 0 aromatic rings. The molecule has 3 heteroatoms. The third kappa shape index (κ3) is 7.85. The molecule has 0 saturated heterocycles. The van der Waals surface area contributed by atoms with Gasteiger partial charge in [-0.15, -0.1) is 0 Å². The number of thiocarbonyl (C=S) groups is 1. The molecule has 0 aliphatic heterocycles. The Morgan fingerprint density at radius 2 is 1.89 bits per heavy atom. The van der Waals surface area contributed by atoms with Crippen molar-refractivity contribution < 1.29 is 4.43 Å². The maximum atomic E-state index is 4.37. The zero-order valence-electron chi connectivity index (χ0n) is 5.67. The summed E-state index contributed by atoms with van der Waals surface area (Å²) in [5.74, 6) is 0. The minimum Gasteiger partial charge on any atom is -0.551 e. The van der Waals surface area contributed by atoms with E-state index < -0.39 is 0 Å². The molecule has 0 fully saturated rings. The smallest absolute Gasteiger partial charge is 0.204 e. The molecule has 1 aliphatic rings. The van der Waals surface area contributed by atoms with Gasteiger partial charge < -0.3 is 4.43 Å². The van der Waals surface area contributed by atoms with Crippen molar-refractivity contribution in [1.82, 2.24) is 0 Å². The van der Waals surface area contributed by atoms with Gasteiger partial charge >= 0.3 is 0 Å². The highest BCUT2D eigenvalue weighted by atomic mass is 32.1. The predicted molar refractivity (Wildman–Crippen MR) is 47.7 cm³/mol. The van der Waals surface area contributed by atoms with Gasteiger partial charge in [-0.1, -0.05) is 12.2 Å². The van der Waals surface area contributed by atoms with Crippen LogP contribution in [0.2, 0.25) is 0 Å². The van der Waals surface area contributed by atoms with Crippen molar-refractivity contribution in [2.24, 2.45) is 0 Å². The van der Waals surface area contributed by atoms with Crippen LogP contribution in [0.4, 0.5) is 0 Å². The Balaban J connectivity index is 0.000000148. The molecule has 0 heterocycles. The summed E-state index contributed by atoms with van der Waals surface area (Å²) >= 11 is 4.24. The SMILES string of the molecule is C1=CCCC1.[SiH3]OC=S. The van der Waals surface area contributed by atoms with E-state index in [-0.39, 0.29) is 0 Å². The summed E-state index contributed by atoms with van der Waals surface area (Å²) in [6.45, 7) is 0. The molecule has 1 nitrogen and oxygen atoms in total. The molecular weight excluding hydrogens is 148 g/mol. The largest absolute Gasteiger partial charge is 0.551 e. The molecule has 52 valence electrons. The third-order valence-corrected chi connectivity index (χ3v) is 1.77. The minimum atomic E-state index is 0.730. The molecule has 9 heavy (non-hydrogen) atoms. The molecule has 0 spiro atoms. The van der Waals surface area contributed by atoms with Gasteiger partial charge in [0.2, 0.25) is 10.5 Å². The molecule has 0 unspecified atom stereocenters. The normalized spacial score (nSPS) is 14.2. The van der Waals surface area contributed by atoms with Crippen molar-refractivity contribution in [3.05, 3.63) is 12.2 Å². The van der Waals surface area contributed by atoms with Crippen molar-refractivity contribution in [3.63, 3.8) is 0 Å². The first-order valence-corrected chi connectivity index (χ1v) is 4.32. The predicted octanol–water partition coefficient (Wildman–Crippen LogP) is 0.967. The van der Waals surface area contributed by atoms with Gasteiger partial charge in [0, 0.05) is 0 Å². The molecule has 0 amide bonds. The van der Waals surface area contributed by atoms with Crippen molar-refractivity contribution in [1.29, 1.82) is 0 Å². The van der Waals surface area contributed by atoms with E-state index in [1.54, 1.807) is 0 Å². The third-order valence-electron chi connectivity index (χ3n) is 1.00. The van der Waals surface area contributed by atoms with Gasteiger partial charge in [-0.25, -0.2) is 0 Å². The molecule has 0 aromatic heterocycles. The van der Waals surface area contributed by atoms with Crippen LogP contribution in [0.1, 0.15) is 19.3 Å². The molecule has 0 aromatic carbocycles. The fraction of sp³-hybridized carbons (Fsp3) is 0.500. The Bertz CT molecular complexity index is 87.1. The fourth-order valence-electron chi connectivity index (χ4n) is 0.589. The Hall–Kier alpha value is -0.153. The monoisotopic (exact) mass is 160 g/mol. The summed E-state index contributed by atoms with van der Waals surface area (Å²) in [5, 5.41) is 0. The molecular formula is C6H12OSSi. The van der Waals surface area contributed by atoms with E-state index in [1.807, 2.05) is 0 Å². The van der Waals surface area contributed by atoms with E-state index in [0.29, 0.717) is 0 Å².